The van der Waals surface area contributed by atoms with Crippen LogP contribution in [0.3, 0.4) is 0 Å². The van der Waals surface area contributed by atoms with Crippen molar-refractivity contribution in [3.8, 4) is 0 Å². The predicted octanol–water partition coefficient (Wildman–Crippen LogP) is 0.495. The minimum atomic E-state index is -0.733. The van der Waals surface area contributed by atoms with Crippen molar-refractivity contribution in [1.29, 1.82) is 0 Å². The predicted molar refractivity (Wildman–Crippen MR) is 48.8 cm³/mol. The maximum Gasteiger partial charge on any atom is 0.303 e. The van der Waals surface area contributed by atoms with E-state index in [0.717, 1.165) is 0 Å². The van der Waals surface area contributed by atoms with Crippen LogP contribution in [0.15, 0.2) is 0 Å². The van der Waals surface area contributed by atoms with E-state index in [9.17, 15) is 9.90 Å². The number of ether oxygens (including phenoxy) is 1. The molecule has 0 spiro atoms. The van der Waals surface area contributed by atoms with Crippen LogP contribution in [0.1, 0.15) is 19.3 Å². The van der Waals surface area contributed by atoms with Gasteiger partial charge in [-0.1, -0.05) is 0 Å². The van der Waals surface area contributed by atoms with Crippen molar-refractivity contribution >= 4 is 5.97 Å². The number of carboxylic acids is 1. The van der Waals surface area contributed by atoms with Crippen molar-refractivity contribution in [2.24, 2.45) is 17.8 Å². The SMILES string of the molecule is O=C(O)CC1C2COCC1CC(O)C2. The Labute approximate surface area is 82.9 Å². The van der Waals surface area contributed by atoms with Gasteiger partial charge in [0.25, 0.3) is 0 Å². The Hall–Kier alpha value is -0.610. The number of fused-ring (bicyclic) bond motifs is 2. The minimum Gasteiger partial charge on any atom is -0.481 e. The van der Waals surface area contributed by atoms with Gasteiger partial charge in [-0.15, -0.1) is 0 Å². The van der Waals surface area contributed by atoms with Crippen molar-refractivity contribution in [2.45, 2.75) is 25.4 Å². The van der Waals surface area contributed by atoms with Crippen molar-refractivity contribution in [3.05, 3.63) is 0 Å². The summed E-state index contributed by atoms with van der Waals surface area (Å²) in [5.74, 6) is -0.0323. The molecule has 2 bridgehead atoms. The molecule has 80 valence electrons. The van der Waals surface area contributed by atoms with Crippen molar-refractivity contribution in [1.82, 2.24) is 0 Å². The van der Waals surface area contributed by atoms with Gasteiger partial charge in [0.2, 0.25) is 0 Å². The van der Waals surface area contributed by atoms with E-state index in [1.165, 1.54) is 0 Å². The molecule has 2 rings (SSSR count). The first-order chi connectivity index (χ1) is 6.66. The fraction of sp³-hybridized carbons (Fsp3) is 0.900. The number of aliphatic carboxylic acids is 1. The third kappa shape index (κ3) is 1.91. The second kappa shape index (κ2) is 3.87. The van der Waals surface area contributed by atoms with Crippen LogP contribution in [-0.2, 0) is 9.53 Å². The lowest BCUT2D eigenvalue weighted by atomic mass is 9.68. The zero-order valence-corrected chi connectivity index (χ0v) is 8.06. The van der Waals surface area contributed by atoms with Crippen LogP contribution in [0.4, 0.5) is 0 Å². The first-order valence-corrected chi connectivity index (χ1v) is 5.14. The van der Waals surface area contributed by atoms with Gasteiger partial charge in [-0.05, 0) is 30.6 Å². The molecule has 1 saturated carbocycles. The summed E-state index contributed by atoms with van der Waals surface area (Å²) in [5.41, 5.74) is 0. The third-order valence-corrected chi connectivity index (χ3v) is 3.43. The highest BCUT2D eigenvalue weighted by molar-refractivity contribution is 5.67. The first kappa shape index (κ1) is 9.93. The number of aliphatic hydroxyl groups excluding tert-OH is 1. The number of hydrogen-bond donors (Lipinski definition) is 2. The van der Waals surface area contributed by atoms with E-state index in [-0.39, 0.29) is 30.3 Å². The molecular formula is C10H16O4. The molecule has 1 aliphatic heterocycles. The van der Waals surface area contributed by atoms with Crippen LogP contribution < -0.4 is 0 Å². The Morgan fingerprint density at radius 3 is 2.36 bits per heavy atom. The third-order valence-electron chi connectivity index (χ3n) is 3.43. The molecule has 1 saturated heterocycles. The molecule has 1 heterocycles. The standard InChI is InChI=1S/C10H16O4/c11-8-1-6-4-14-5-7(2-8)9(6)3-10(12)13/h6-9,11H,1-5H2,(H,12,13). The lowest BCUT2D eigenvalue weighted by Gasteiger charge is -2.43. The normalized spacial score (nSPS) is 42.1. The van der Waals surface area contributed by atoms with Crippen LogP contribution in [0.2, 0.25) is 0 Å². The van der Waals surface area contributed by atoms with E-state index >= 15 is 0 Å². The Balaban J connectivity index is 2.04. The smallest absolute Gasteiger partial charge is 0.303 e. The molecule has 0 amide bonds. The monoisotopic (exact) mass is 200 g/mol. The average Bonchev–Trinajstić information content (AvgIpc) is 2.05. The van der Waals surface area contributed by atoms with E-state index in [1.807, 2.05) is 0 Å². The van der Waals surface area contributed by atoms with E-state index in [4.69, 9.17) is 9.84 Å². The maximum absolute atomic E-state index is 10.7. The molecule has 4 heteroatoms. The van der Waals surface area contributed by atoms with Crippen LogP contribution in [0.25, 0.3) is 0 Å². The second-order valence-electron chi connectivity index (χ2n) is 4.44. The summed E-state index contributed by atoms with van der Waals surface area (Å²) in [7, 11) is 0. The number of carbonyl (C=O) groups is 1. The Kier molecular flexibility index (Phi) is 2.74. The van der Waals surface area contributed by atoms with Gasteiger partial charge in [0.1, 0.15) is 0 Å². The molecular weight excluding hydrogens is 184 g/mol. The van der Waals surface area contributed by atoms with Crippen LogP contribution in [0, 0.1) is 17.8 Å². The lowest BCUT2D eigenvalue weighted by Crippen LogP contribution is -2.44. The highest BCUT2D eigenvalue weighted by atomic mass is 16.5. The van der Waals surface area contributed by atoms with Gasteiger partial charge >= 0.3 is 5.97 Å². The van der Waals surface area contributed by atoms with E-state index in [2.05, 4.69) is 0 Å². The zero-order chi connectivity index (χ0) is 10.1. The Bertz CT molecular complexity index is 214. The summed E-state index contributed by atoms with van der Waals surface area (Å²) >= 11 is 0. The highest BCUT2D eigenvalue weighted by Gasteiger charge is 2.41. The van der Waals surface area contributed by atoms with Gasteiger partial charge in [0, 0.05) is 19.6 Å². The zero-order valence-electron chi connectivity index (χ0n) is 8.06. The molecule has 14 heavy (non-hydrogen) atoms. The van der Waals surface area contributed by atoms with Gasteiger partial charge in [-0.25, -0.2) is 0 Å². The number of carboxylic acid groups (broad SMARTS) is 1. The summed E-state index contributed by atoms with van der Waals surface area (Å²) in [5, 5.41) is 18.3. The molecule has 1 aliphatic carbocycles. The summed E-state index contributed by atoms with van der Waals surface area (Å²) < 4.78 is 5.39. The van der Waals surface area contributed by atoms with Crippen LogP contribution in [-0.4, -0.2) is 35.5 Å². The number of rotatable bonds is 2. The van der Waals surface area contributed by atoms with Crippen LogP contribution >= 0.6 is 0 Å². The Morgan fingerprint density at radius 1 is 1.29 bits per heavy atom. The molecule has 2 N–H and O–H groups in total. The maximum atomic E-state index is 10.7. The molecule has 2 atom stereocenters. The quantitative estimate of drug-likeness (QED) is 0.681. The average molecular weight is 200 g/mol. The van der Waals surface area contributed by atoms with Crippen molar-refractivity contribution in [2.75, 3.05) is 13.2 Å². The lowest BCUT2D eigenvalue weighted by molar-refractivity contribution is -0.145. The van der Waals surface area contributed by atoms with Gasteiger partial charge in [-0.2, -0.15) is 0 Å². The van der Waals surface area contributed by atoms with Gasteiger partial charge in [0.15, 0.2) is 0 Å². The van der Waals surface area contributed by atoms with E-state index in [0.29, 0.717) is 26.1 Å². The molecule has 0 aromatic carbocycles. The van der Waals surface area contributed by atoms with E-state index in [1.54, 1.807) is 0 Å². The Morgan fingerprint density at radius 2 is 1.86 bits per heavy atom. The fourth-order valence-electron chi connectivity index (χ4n) is 2.82. The molecule has 0 radical (unpaired) electrons. The second-order valence-corrected chi connectivity index (χ2v) is 4.44. The fourth-order valence-corrected chi connectivity index (χ4v) is 2.82. The molecule has 0 aromatic rings. The van der Waals surface area contributed by atoms with E-state index < -0.39 is 5.97 Å². The minimum absolute atomic E-state index is 0.213. The van der Waals surface area contributed by atoms with Crippen molar-refractivity contribution < 1.29 is 19.7 Å². The summed E-state index contributed by atoms with van der Waals surface area (Å²) in [4.78, 5) is 10.7. The molecule has 2 aliphatic rings. The molecule has 2 unspecified atom stereocenters. The largest absolute Gasteiger partial charge is 0.481 e. The number of aliphatic hydroxyl groups is 1. The highest BCUT2D eigenvalue weighted by Crippen LogP contribution is 2.40. The topological polar surface area (TPSA) is 66.8 Å². The molecule has 0 aromatic heterocycles. The van der Waals surface area contributed by atoms with Gasteiger partial charge in [0.05, 0.1) is 6.10 Å². The summed E-state index contributed by atoms with van der Waals surface area (Å²) in [6.07, 6.45) is 1.38. The number of hydrogen-bond acceptors (Lipinski definition) is 3. The summed E-state index contributed by atoms with van der Waals surface area (Å²) in [6, 6.07) is 0. The van der Waals surface area contributed by atoms with Gasteiger partial charge in [-0.3, -0.25) is 4.79 Å². The molecule has 4 nitrogen and oxygen atoms in total. The van der Waals surface area contributed by atoms with Gasteiger partial charge < -0.3 is 14.9 Å². The first-order valence-electron chi connectivity index (χ1n) is 5.14. The van der Waals surface area contributed by atoms with Crippen molar-refractivity contribution in [3.63, 3.8) is 0 Å². The molecule has 2 fully saturated rings. The summed E-state index contributed by atoms with van der Waals surface area (Å²) in [6.45, 7) is 1.23. The van der Waals surface area contributed by atoms with Crippen LogP contribution in [0.5, 0.6) is 0 Å².